The van der Waals surface area contributed by atoms with Crippen LogP contribution in [0.2, 0.25) is 5.31 Å². The molecule has 2 fully saturated rings. The molecule has 2 atom stereocenters. The minimum absolute atomic E-state index is 0.0940. The van der Waals surface area contributed by atoms with Crippen molar-refractivity contribution in [1.82, 2.24) is 5.32 Å². The van der Waals surface area contributed by atoms with Crippen molar-refractivity contribution < 1.29 is 14.2 Å². The van der Waals surface area contributed by atoms with Gasteiger partial charge in [0.15, 0.2) is 0 Å². The molecule has 1 unspecified atom stereocenters. The van der Waals surface area contributed by atoms with Crippen molar-refractivity contribution >= 4 is 7.85 Å². The quantitative estimate of drug-likeness (QED) is 0.734. The van der Waals surface area contributed by atoms with Crippen molar-refractivity contribution in [2.24, 2.45) is 5.41 Å². The van der Waals surface area contributed by atoms with E-state index in [4.69, 9.17) is 22.1 Å². The van der Waals surface area contributed by atoms with Gasteiger partial charge in [-0.25, -0.2) is 0 Å². The summed E-state index contributed by atoms with van der Waals surface area (Å²) in [5.74, 6) is 0. The first-order valence-corrected chi connectivity index (χ1v) is 6.00. The van der Waals surface area contributed by atoms with Gasteiger partial charge >= 0.3 is 0 Å². The van der Waals surface area contributed by atoms with Crippen LogP contribution in [-0.4, -0.2) is 53.2 Å². The van der Waals surface area contributed by atoms with E-state index in [2.05, 4.69) is 19.2 Å². The molecule has 1 spiro atoms. The molecule has 0 aromatic carbocycles. The highest BCUT2D eigenvalue weighted by Crippen LogP contribution is 2.77. The predicted molar refractivity (Wildman–Crippen MR) is 66.2 cm³/mol. The Morgan fingerprint density at radius 1 is 1.18 bits per heavy atom. The third-order valence-electron chi connectivity index (χ3n) is 4.69. The Kier molecular flexibility index (Phi) is 2.90. The molecule has 2 aliphatic rings. The second-order valence-corrected chi connectivity index (χ2v) is 6.01. The SMILES string of the molecule is [B][C@@]1(C)C(C)(C)C12NCC(COC)(COC)O2. The van der Waals surface area contributed by atoms with Crippen LogP contribution in [0.3, 0.4) is 0 Å². The predicted octanol–water partition coefficient (Wildman–Crippen LogP) is 0.721. The molecule has 1 aliphatic carbocycles. The fourth-order valence-electron chi connectivity index (χ4n) is 3.13. The van der Waals surface area contributed by atoms with Crippen molar-refractivity contribution in [1.29, 1.82) is 0 Å². The van der Waals surface area contributed by atoms with Gasteiger partial charge in [0.25, 0.3) is 0 Å². The van der Waals surface area contributed by atoms with Crippen molar-refractivity contribution in [2.45, 2.75) is 37.4 Å². The van der Waals surface area contributed by atoms with Gasteiger partial charge in [0.2, 0.25) is 0 Å². The maximum Gasteiger partial charge on any atom is 0.129 e. The van der Waals surface area contributed by atoms with Gasteiger partial charge < -0.3 is 14.2 Å². The van der Waals surface area contributed by atoms with Crippen LogP contribution in [0, 0.1) is 5.41 Å². The van der Waals surface area contributed by atoms with E-state index in [0.717, 1.165) is 0 Å². The Bertz CT molecular complexity index is 297. The molecule has 96 valence electrons. The van der Waals surface area contributed by atoms with Crippen LogP contribution in [0.15, 0.2) is 0 Å². The second kappa shape index (κ2) is 3.70. The third kappa shape index (κ3) is 1.46. The molecule has 0 bridgehead atoms. The summed E-state index contributed by atoms with van der Waals surface area (Å²) in [5, 5.41) is 3.07. The van der Waals surface area contributed by atoms with Crippen LogP contribution in [0.5, 0.6) is 0 Å². The fourth-order valence-corrected chi connectivity index (χ4v) is 3.13. The smallest absolute Gasteiger partial charge is 0.129 e. The summed E-state index contributed by atoms with van der Waals surface area (Å²) in [6, 6.07) is 0. The highest BCUT2D eigenvalue weighted by molar-refractivity contribution is 6.20. The van der Waals surface area contributed by atoms with Crippen LogP contribution >= 0.6 is 0 Å². The summed E-state index contributed by atoms with van der Waals surface area (Å²) in [6.07, 6.45) is 0. The van der Waals surface area contributed by atoms with Crippen molar-refractivity contribution in [3.05, 3.63) is 0 Å². The van der Waals surface area contributed by atoms with E-state index in [0.29, 0.717) is 19.8 Å². The Labute approximate surface area is 105 Å². The lowest BCUT2D eigenvalue weighted by Gasteiger charge is -2.28. The van der Waals surface area contributed by atoms with Gasteiger partial charge in [-0.1, -0.05) is 20.8 Å². The Hall–Kier alpha value is -0.0951. The first kappa shape index (κ1) is 13.3. The molecule has 2 rings (SSSR count). The normalized spacial score (nSPS) is 41.9. The largest absolute Gasteiger partial charge is 0.382 e. The molecule has 4 nitrogen and oxygen atoms in total. The summed E-state index contributed by atoms with van der Waals surface area (Å²) < 4.78 is 16.8. The highest BCUT2D eigenvalue weighted by Gasteiger charge is 2.81. The van der Waals surface area contributed by atoms with Gasteiger partial charge in [-0.15, -0.1) is 0 Å². The van der Waals surface area contributed by atoms with E-state index >= 15 is 0 Å². The summed E-state index contributed by atoms with van der Waals surface area (Å²) >= 11 is 0. The van der Waals surface area contributed by atoms with Gasteiger partial charge in [-0.2, -0.15) is 0 Å². The zero-order valence-corrected chi connectivity index (χ0v) is 11.4. The number of ether oxygens (including phenoxy) is 3. The Morgan fingerprint density at radius 2 is 1.65 bits per heavy atom. The molecule has 1 heterocycles. The number of rotatable bonds is 4. The maximum absolute atomic E-state index is 6.33. The first-order valence-electron chi connectivity index (χ1n) is 6.00. The molecule has 0 amide bonds. The van der Waals surface area contributed by atoms with E-state index in [9.17, 15) is 0 Å². The van der Waals surface area contributed by atoms with Crippen LogP contribution in [0.25, 0.3) is 0 Å². The van der Waals surface area contributed by atoms with Crippen LogP contribution < -0.4 is 5.32 Å². The average molecular weight is 239 g/mol. The molecule has 1 aliphatic heterocycles. The molecular weight excluding hydrogens is 217 g/mol. The molecule has 17 heavy (non-hydrogen) atoms. The van der Waals surface area contributed by atoms with Crippen LogP contribution in [-0.2, 0) is 14.2 Å². The van der Waals surface area contributed by atoms with Gasteiger partial charge in [0, 0.05) is 26.2 Å². The van der Waals surface area contributed by atoms with Gasteiger partial charge in [-0.3, -0.25) is 5.32 Å². The molecule has 1 saturated heterocycles. The van der Waals surface area contributed by atoms with Gasteiger partial charge in [-0.05, 0) is 5.31 Å². The van der Waals surface area contributed by atoms with E-state index < -0.39 is 11.3 Å². The van der Waals surface area contributed by atoms with Crippen molar-refractivity contribution in [3.63, 3.8) is 0 Å². The van der Waals surface area contributed by atoms with Crippen molar-refractivity contribution in [3.8, 4) is 0 Å². The lowest BCUT2D eigenvalue weighted by molar-refractivity contribution is -0.131. The fraction of sp³-hybridized carbons (Fsp3) is 1.00. The average Bonchev–Trinajstić information content (AvgIpc) is 2.55. The number of nitrogens with one attached hydrogen (secondary N) is 1. The number of methoxy groups -OCH3 is 2. The molecule has 0 aromatic heterocycles. The molecule has 1 saturated carbocycles. The zero-order valence-electron chi connectivity index (χ0n) is 11.4. The van der Waals surface area contributed by atoms with Gasteiger partial charge in [0.1, 0.15) is 11.3 Å². The molecular formula is C12H22BNO3. The summed E-state index contributed by atoms with van der Waals surface area (Å²) in [6.45, 7) is 7.97. The zero-order chi connectivity index (χ0) is 12.9. The lowest BCUT2D eigenvalue weighted by Crippen LogP contribution is -2.43. The third-order valence-corrected chi connectivity index (χ3v) is 4.69. The molecule has 2 radical (unpaired) electrons. The van der Waals surface area contributed by atoms with Crippen LogP contribution in [0.1, 0.15) is 20.8 Å². The summed E-state index contributed by atoms with van der Waals surface area (Å²) in [4.78, 5) is 0. The second-order valence-electron chi connectivity index (χ2n) is 6.01. The molecule has 5 heteroatoms. The van der Waals surface area contributed by atoms with Crippen LogP contribution in [0.4, 0.5) is 0 Å². The van der Waals surface area contributed by atoms with E-state index in [1.807, 2.05) is 6.92 Å². The Morgan fingerprint density at radius 3 is 1.94 bits per heavy atom. The topological polar surface area (TPSA) is 39.7 Å². The first-order chi connectivity index (χ1) is 7.79. The van der Waals surface area contributed by atoms with Gasteiger partial charge in [0.05, 0.1) is 21.1 Å². The van der Waals surface area contributed by atoms with E-state index in [1.54, 1.807) is 14.2 Å². The number of hydrogen-bond acceptors (Lipinski definition) is 4. The summed E-state index contributed by atoms with van der Waals surface area (Å²) in [7, 11) is 9.67. The van der Waals surface area contributed by atoms with E-state index in [-0.39, 0.29) is 10.7 Å². The Balaban J connectivity index is 2.19. The molecule has 0 aromatic rings. The number of hydrogen-bond donors (Lipinski definition) is 1. The molecule has 1 N–H and O–H groups in total. The minimum Gasteiger partial charge on any atom is -0.382 e. The van der Waals surface area contributed by atoms with E-state index in [1.165, 1.54) is 0 Å². The minimum atomic E-state index is -0.461. The highest BCUT2D eigenvalue weighted by atomic mass is 16.6. The summed E-state index contributed by atoms with van der Waals surface area (Å²) in [5.41, 5.74) is -0.988. The van der Waals surface area contributed by atoms with Crippen molar-refractivity contribution in [2.75, 3.05) is 34.0 Å². The standard InChI is InChI=1S/C12H22BNO3/c1-9(2)10(3,13)12(9)14-6-11(17-12,7-15-4)8-16-5/h14H,6-8H2,1-5H3/t10-,12?/m0/s1. The maximum atomic E-state index is 6.33. The lowest BCUT2D eigenvalue weighted by atomic mass is 9.78. The monoisotopic (exact) mass is 239 g/mol.